The van der Waals surface area contributed by atoms with Gasteiger partial charge in [0.2, 0.25) is 5.91 Å². The van der Waals surface area contributed by atoms with E-state index in [9.17, 15) is 4.79 Å². The first kappa shape index (κ1) is 23.9. The summed E-state index contributed by atoms with van der Waals surface area (Å²) >= 11 is 12.2. The Morgan fingerprint density at radius 3 is 2.50 bits per heavy atom. The van der Waals surface area contributed by atoms with Gasteiger partial charge in [-0.1, -0.05) is 53.0 Å². The van der Waals surface area contributed by atoms with E-state index in [0.29, 0.717) is 28.1 Å². The Bertz CT molecular complexity index is 1400. The highest BCUT2D eigenvalue weighted by Crippen LogP contribution is 2.41. The maximum atomic E-state index is 12.8. The number of ether oxygens (including phenoxy) is 1. The molecule has 0 saturated carbocycles. The smallest absolute Gasteiger partial charge is 0.248 e. The number of hydrogen-bond acceptors (Lipinski definition) is 3. The van der Waals surface area contributed by atoms with Gasteiger partial charge in [-0.3, -0.25) is 4.79 Å². The second-order valence-corrected chi connectivity index (χ2v) is 8.99. The van der Waals surface area contributed by atoms with E-state index in [1.54, 1.807) is 30.5 Å². The van der Waals surface area contributed by atoms with E-state index in [0.717, 1.165) is 38.8 Å². The SMILES string of the molecule is CCOc1c(/C(C)=C/C(=O)Nc2ccc(Cl)cc2Cl)cc2c(-c3ccc(C)cc3)coc2c1C. The normalized spacial score (nSPS) is 11.6. The Labute approximate surface area is 209 Å². The number of anilines is 1. The summed E-state index contributed by atoms with van der Waals surface area (Å²) in [6, 6.07) is 15.3. The zero-order chi connectivity index (χ0) is 24.4. The Kier molecular flexibility index (Phi) is 7.01. The zero-order valence-electron chi connectivity index (χ0n) is 19.5. The van der Waals surface area contributed by atoms with Crippen LogP contribution in [-0.2, 0) is 4.79 Å². The third kappa shape index (κ3) is 4.84. The van der Waals surface area contributed by atoms with Crippen LogP contribution in [0.25, 0.3) is 27.7 Å². The number of rotatable bonds is 6. The molecule has 1 aromatic heterocycles. The molecule has 174 valence electrons. The fourth-order valence-corrected chi connectivity index (χ4v) is 4.39. The van der Waals surface area contributed by atoms with Crippen LogP contribution in [-0.4, -0.2) is 12.5 Å². The summed E-state index contributed by atoms with van der Waals surface area (Å²) < 4.78 is 12.0. The van der Waals surface area contributed by atoms with Crippen LogP contribution in [0.1, 0.15) is 30.5 Å². The van der Waals surface area contributed by atoms with Crippen molar-refractivity contribution in [2.45, 2.75) is 27.7 Å². The topological polar surface area (TPSA) is 51.5 Å². The van der Waals surface area contributed by atoms with Gasteiger partial charge < -0.3 is 14.5 Å². The highest BCUT2D eigenvalue weighted by atomic mass is 35.5. The Morgan fingerprint density at radius 2 is 1.82 bits per heavy atom. The Morgan fingerprint density at radius 1 is 1.09 bits per heavy atom. The molecule has 4 aromatic rings. The molecular weight excluding hydrogens is 469 g/mol. The van der Waals surface area contributed by atoms with Gasteiger partial charge in [0.05, 0.1) is 23.6 Å². The number of allylic oxidation sites excluding steroid dienone is 1. The highest BCUT2D eigenvalue weighted by Gasteiger charge is 2.19. The van der Waals surface area contributed by atoms with Gasteiger partial charge in [-0.05, 0) is 63.1 Å². The van der Waals surface area contributed by atoms with E-state index in [4.69, 9.17) is 32.4 Å². The van der Waals surface area contributed by atoms with Gasteiger partial charge in [0.1, 0.15) is 11.3 Å². The second kappa shape index (κ2) is 9.96. The molecule has 0 bridgehead atoms. The number of carbonyl (C=O) groups is 1. The van der Waals surface area contributed by atoms with Crippen molar-refractivity contribution < 1.29 is 13.9 Å². The largest absolute Gasteiger partial charge is 0.493 e. The van der Waals surface area contributed by atoms with Crippen LogP contribution in [0.5, 0.6) is 5.75 Å². The van der Waals surface area contributed by atoms with Gasteiger partial charge >= 0.3 is 0 Å². The maximum Gasteiger partial charge on any atom is 0.248 e. The summed E-state index contributed by atoms with van der Waals surface area (Å²) in [6.45, 7) is 8.34. The van der Waals surface area contributed by atoms with Crippen molar-refractivity contribution in [3.63, 3.8) is 0 Å². The number of carbonyl (C=O) groups excluding carboxylic acids is 1. The predicted octanol–water partition coefficient (Wildman–Crippen LogP) is 8.46. The van der Waals surface area contributed by atoms with Crippen LogP contribution in [0.15, 0.2) is 65.3 Å². The molecule has 1 heterocycles. The number of hydrogen-bond donors (Lipinski definition) is 1. The minimum Gasteiger partial charge on any atom is -0.493 e. The van der Waals surface area contributed by atoms with Crippen LogP contribution >= 0.6 is 23.2 Å². The highest BCUT2D eigenvalue weighted by molar-refractivity contribution is 6.36. The molecule has 0 radical (unpaired) electrons. The number of halogens is 2. The van der Waals surface area contributed by atoms with E-state index >= 15 is 0 Å². The molecule has 0 spiro atoms. The lowest BCUT2D eigenvalue weighted by Crippen LogP contribution is -2.09. The van der Waals surface area contributed by atoms with E-state index in [1.807, 2.05) is 26.8 Å². The average Bonchev–Trinajstić information content (AvgIpc) is 3.22. The van der Waals surface area contributed by atoms with Gasteiger partial charge in [0.25, 0.3) is 0 Å². The number of fused-ring (bicyclic) bond motifs is 1. The Hall–Kier alpha value is -3.21. The zero-order valence-corrected chi connectivity index (χ0v) is 21.0. The molecule has 4 nitrogen and oxygen atoms in total. The lowest BCUT2D eigenvalue weighted by Gasteiger charge is -2.15. The summed E-state index contributed by atoms with van der Waals surface area (Å²) in [5, 5.41) is 4.66. The first-order valence-electron chi connectivity index (χ1n) is 11.0. The summed E-state index contributed by atoms with van der Waals surface area (Å²) in [5.74, 6) is 0.402. The summed E-state index contributed by atoms with van der Waals surface area (Å²) in [5.41, 5.74) is 7.00. The maximum absolute atomic E-state index is 12.8. The number of aryl methyl sites for hydroxylation is 2. The number of nitrogens with one attached hydrogen (secondary N) is 1. The van der Waals surface area contributed by atoms with Crippen LogP contribution in [0, 0.1) is 13.8 Å². The minimum absolute atomic E-state index is 0.298. The minimum atomic E-state index is -0.298. The molecule has 4 rings (SSSR count). The molecule has 0 unspecified atom stereocenters. The van der Waals surface area contributed by atoms with Crippen LogP contribution in [0.3, 0.4) is 0 Å². The number of amides is 1. The van der Waals surface area contributed by atoms with Gasteiger partial charge in [-0.2, -0.15) is 0 Å². The van der Waals surface area contributed by atoms with Gasteiger partial charge in [-0.25, -0.2) is 0 Å². The molecule has 34 heavy (non-hydrogen) atoms. The van der Waals surface area contributed by atoms with Crippen molar-refractivity contribution in [2.75, 3.05) is 11.9 Å². The fraction of sp³-hybridized carbons (Fsp3) is 0.179. The van der Waals surface area contributed by atoms with Gasteiger partial charge in [-0.15, -0.1) is 0 Å². The van der Waals surface area contributed by atoms with Gasteiger partial charge in [0.15, 0.2) is 0 Å². The molecule has 0 aliphatic heterocycles. The van der Waals surface area contributed by atoms with Crippen molar-refractivity contribution in [3.05, 3.63) is 87.6 Å². The molecule has 0 atom stereocenters. The summed E-state index contributed by atoms with van der Waals surface area (Å²) in [7, 11) is 0. The van der Waals surface area contributed by atoms with Crippen molar-refractivity contribution in [2.24, 2.45) is 0 Å². The van der Waals surface area contributed by atoms with Crippen molar-refractivity contribution >= 4 is 51.3 Å². The number of benzene rings is 3. The molecular formula is C28H25Cl2NO3. The van der Waals surface area contributed by atoms with E-state index in [1.165, 1.54) is 5.56 Å². The standard InChI is InChI=1S/C28H25Cl2NO3/c1-5-33-27-18(4)28-22(23(15-34-28)19-8-6-16(2)7-9-19)14-21(27)17(3)12-26(32)31-25-11-10-20(29)13-24(25)30/h6-15H,5H2,1-4H3,(H,31,32)/b17-12+. The molecule has 0 saturated heterocycles. The van der Waals surface area contributed by atoms with Crippen molar-refractivity contribution in [1.29, 1.82) is 0 Å². The number of furan rings is 1. The van der Waals surface area contributed by atoms with Crippen molar-refractivity contribution in [3.8, 4) is 16.9 Å². The quantitative estimate of drug-likeness (QED) is 0.274. The first-order valence-corrected chi connectivity index (χ1v) is 11.7. The van der Waals surface area contributed by atoms with Gasteiger partial charge in [0, 0.05) is 33.2 Å². The average molecular weight is 494 g/mol. The third-order valence-corrected chi connectivity index (χ3v) is 6.20. The molecule has 0 aliphatic carbocycles. The summed E-state index contributed by atoms with van der Waals surface area (Å²) in [4.78, 5) is 12.8. The van der Waals surface area contributed by atoms with E-state index < -0.39 is 0 Å². The van der Waals surface area contributed by atoms with Crippen LogP contribution in [0.4, 0.5) is 5.69 Å². The third-order valence-electron chi connectivity index (χ3n) is 5.66. The lowest BCUT2D eigenvalue weighted by molar-refractivity contribution is -0.111. The van der Waals surface area contributed by atoms with Crippen molar-refractivity contribution in [1.82, 2.24) is 0 Å². The molecule has 3 aromatic carbocycles. The predicted molar refractivity (Wildman–Crippen MR) is 141 cm³/mol. The summed E-state index contributed by atoms with van der Waals surface area (Å²) in [6.07, 6.45) is 3.32. The lowest BCUT2D eigenvalue weighted by atomic mass is 9.96. The fourth-order valence-electron chi connectivity index (χ4n) is 3.93. The second-order valence-electron chi connectivity index (χ2n) is 8.14. The van der Waals surface area contributed by atoms with Crippen LogP contribution < -0.4 is 10.1 Å². The molecule has 0 fully saturated rings. The van der Waals surface area contributed by atoms with E-state index in [-0.39, 0.29) is 5.91 Å². The Balaban J connectivity index is 1.77. The van der Waals surface area contributed by atoms with Crippen LogP contribution in [0.2, 0.25) is 10.0 Å². The van der Waals surface area contributed by atoms with E-state index in [2.05, 4.69) is 36.5 Å². The first-order chi connectivity index (χ1) is 16.3. The molecule has 0 aliphatic rings. The molecule has 1 amide bonds. The monoisotopic (exact) mass is 493 g/mol. The molecule has 1 N–H and O–H groups in total. The molecule has 6 heteroatoms.